The minimum atomic E-state index is -0.270. The summed E-state index contributed by atoms with van der Waals surface area (Å²) >= 11 is 6.38. The maximum absolute atomic E-state index is 13.0. The molecule has 0 fully saturated rings. The first-order valence-electron chi connectivity index (χ1n) is 8.44. The Hall–Kier alpha value is -1.49. The second kappa shape index (κ2) is 11.3. The summed E-state index contributed by atoms with van der Waals surface area (Å²) in [6, 6.07) is 9.99. The highest BCUT2D eigenvalue weighted by Crippen LogP contribution is 2.37. The van der Waals surface area contributed by atoms with Crippen molar-refractivity contribution in [3.05, 3.63) is 58.4 Å². The van der Waals surface area contributed by atoms with Crippen molar-refractivity contribution in [2.75, 3.05) is 13.7 Å². The summed E-state index contributed by atoms with van der Waals surface area (Å²) in [5, 5.41) is 3.91. The van der Waals surface area contributed by atoms with Crippen LogP contribution in [0.5, 0.6) is 11.5 Å². The van der Waals surface area contributed by atoms with E-state index in [0.717, 1.165) is 30.6 Å². The molecule has 0 aliphatic heterocycles. The van der Waals surface area contributed by atoms with Gasteiger partial charge in [0, 0.05) is 6.54 Å². The van der Waals surface area contributed by atoms with E-state index in [0.29, 0.717) is 29.0 Å². The summed E-state index contributed by atoms with van der Waals surface area (Å²) in [4.78, 5) is 0. The molecule has 2 aromatic carbocycles. The van der Waals surface area contributed by atoms with Gasteiger partial charge in [-0.05, 0) is 54.3 Å². The van der Waals surface area contributed by atoms with Gasteiger partial charge in [0.05, 0.1) is 12.1 Å². The van der Waals surface area contributed by atoms with Crippen LogP contribution in [-0.4, -0.2) is 13.7 Å². The molecule has 0 aromatic heterocycles. The number of benzene rings is 2. The maximum Gasteiger partial charge on any atom is 0.180 e. The van der Waals surface area contributed by atoms with Crippen LogP contribution in [-0.2, 0) is 13.2 Å². The van der Waals surface area contributed by atoms with Gasteiger partial charge in [-0.3, -0.25) is 0 Å². The molecule has 0 radical (unpaired) electrons. The molecule has 2 rings (SSSR count). The molecule has 0 spiro atoms. The number of hydrogen-bond donors (Lipinski definition) is 1. The lowest BCUT2D eigenvalue weighted by Gasteiger charge is -2.15. The summed E-state index contributed by atoms with van der Waals surface area (Å²) in [5.41, 5.74) is 1.90. The van der Waals surface area contributed by atoms with Crippen molar-refractivity contribution in [1.29, 1.82) is 0 Å². The Kier molecular flexibility index (Phi) is 9.78. The number of halogens is 3. The molecule has 0 unspecified atom stereocenters. The van der Waals surface area contributed by atoms with E-state index in [1.165, 1.54) is 12.1 Å². The van der Waals surface area contributed by atoms with Crippen molar-refractivity contribution >= 4 is 24.0 Å². The largest absolute Gasteiger partial charge is 0.493 e. The Balaban J connectivity index is 0.00000338. The van der Waals surface area contributed by atoms with Crippen LogP contribution < -0.4 is 14.8 Å². The molecule has 0 saturated carbocycles. The first-order valence-corrected chi connectivity index (χ1v) is 8.81. The highest BCUT2D eigenvalue weighted by molar-refractivity contribution is 6.32. The molecule has 2 aromatic rings. The van der Waals surface area contributed by atoms with Crippen LogP contribution in [0.2, 0.25) is 5.02 Å². The van der Waals surface area contributed by atoms with Crippen molar-refractivity contribution in [1.82, 2.24) is 5.32 Å². The van der Waals surface area contributed by atoms with Crippen molar-refractivity contribution in [3.8, 4) is 11.5 Å². The van der Waals surface area contributed by atoms with Gasteiger partial charge in [-0.2, -0.15) is 0 Å². The fourth-order valence-corrected chi connectivity index (χ4v) is 2.66. The lowest BCUT2D eigenvalue weighted by Crippen LogP contribution is -2.16. The van der Waals surface area contributed by atoms with Crippen molar-refractivity contribution in [2.24, 2.45) is 5.92 Å². The van der Waals surface area contributed by atoms with E-state index in [1.807, 2.05) is 12.1 Å². The minimum absolute atomic E-state index is 0. The van der Waals surface area contributed by atoms with Gasteiger partial charge in [-0.1, -0.05) is 37.6 Å². The lowest BCUT2D eigenvalue weighted by molar-refractivity contribution is 0.284. The predicted molar refractivity (Wildman–Crippen MR) is 107 cm³/mol. The Morgan fingerprint density at radius 1 is 1.12 bits per heavy atom. The Bertz CT molecular complexity index is 678. The molecule has 0 atom stereocenters. The standard InChI is InChI=1S/C20H25ClFNO2.ClH/c1-14(2)8-9-23-12-16-10-18(21)20(19(11-16)24-3)25-13-15-4-6-17(22)7-5-15;/h4-7,10-11,14,23H,8-9,12-13H2,1-3H3;1H. The van der Waals surface area contributed by atoms with E-state index in [-0.39, 0.29) is 18.2 Å². The number of nitrogens with one attached hydrogen (secondary N) is 1. The molecular weight excluding hydrogens is 376 g/mol. The van der Waals surface area contributed by atoms with Gasteiger partial charge in [0.15, 0.2) is 11.5 Å². The van der Waals surface area contributed by atoms with Crippen LogP contribution in [0, 0.1) is 11.7 Å². The van der Waals surface area contributed by atoms with Crippen LogP contribution in [0.3, 0.4) is 0 Å². The Morgan fingerprint density at radius 3 is 2.42 bits per heavy atom. The second-order valence-corrected chi connectivity index (χ2v) is 6.79. The van der Waals surface area contributed by atoms with E-state index in [9.17, 15) is 4.39 Å². The Morgan fingerprint density at radius 2 is 1.81 bits per heavy atom. The minimum Gasteiger partial charge on any atom is -0.493 e. The van der Waals surface area contributed by atoms with Crippen LogP contribution in [0.4, 0.5) is 4.39 Å². The van der Waals surface area contributed by atoms with E-state index in [1.54, 1.807) is 19.2 Å². The van der Waals surface area contributed by atoms with E-state index in [4.69, 9.17) is 21.1 Å². The molecule has 3 nitrogen and oxygen atoms in total. The predicted octanol–water partition coefficient (Wildman–Crippen LogP) is 5.62. The zero-order valence-electron chi connectivity index (χ0n) is 15.4. The molecule has 26 heavy (non-hydrogen) atoms. The van der Waals surface area contributed by atoms with Gasteiger partial charge in [-0.15, -0.1) is 12.4 Å². The lowest BCUT2D eigenvalue weighted by atomic mass is 10.1. The Labute approximate surface area is 166 Å². The molecule has 0 heterocycles. The van der Waals surface area contributed by atoms with Crippen molar-refractivity contribution < 1.29 is 13.9 Å². The highest BCUT2D eigenvalue weighted by Gasteiger charge is 2.12. The first-order chi connectivity index (χ1) is 12.0. The monoisotopic (exact) mass is 401 g/mol. The normalized spacial score (nSPS) is 10.5. The molecule has 0 bridgehead atoms. The molecule has 0 amide bonds. The summed E-state index contributed by atoms with van der Waals surface area (Å²) in [5.74, 6) is 1.50. The topological polar surface area (TPSA) is 30.5 Å². The third-order valence-electron chi connectivity index (χ3n) is 3.81. The number of hydrogen-bond acceptors (Lipinski definition) is 3. The summed E-state index contributed by atoms with van der Waals surface area (Å²) in [7, 11) is 1.59. The average molecular weight is 402 g/mol. The van der Waals surface area contributed by atoms with E-state index in [2.05, 4.69) is 19.2 Å². The van der Waals surface area contributed by atoms with Gasteiger partial charge < -0.3 is 14.8 Å². The third kappa shape index (κ3) is 7.02. The molecule has 6 heteroatoms. The number of methoxy groups -OCH3 is 1. The maximum atomic E-state index is 13.0. The van der Waals surface area contributed by atoms with Gasteiger partial charge in [0.1, 0.15) is 12.4 Å². The van der Waals surface area contributed by atoms with Gasteiger partial charge in [0.25, 0.3) is 0 Å². The van der Waals surface area contributed by atoms with Gasteiger partial charge >= 0.3 is 0 Å². The van der Waals surface area contributed by atoms with E-state index >= 15 is 0 Å². The molecule has 0 aliphatic carbocycles. The SMILES string of the molecule is COc1cc(CNCCC(C)C)cc(Cl)c1OCc1ccc(F)cc1.Cl. The van der Waals surface area contributed by atoms with Crippen molar-refractivity contribution in [3.63, 3.8) is 0 Å². The summed E-state index contributed by atoms with van der Waals surface area (Å²) in [6.45, 7) is 6.38. The molecule has 0 saturated heterocycles. The smallest absolute Gasteiger partial charge is 0.180 e. The number of rotatable bonds is 9. The molecule has 0 aliphatic rings. The second-order valence-electron chi connectivity index (χ2n) is 6.38. The van der Waals surface area contributed by atoms with Gasteiger partial charge in [0.2, 0.25) is 0 Å². The molecular formula is C20H26Cl2FNO2. The van der Waals surface area contributed by atoms with Crippen LogP contribution in [0.15, 0.2) is 36.4 Å². The average Bonchev–Trinajstić information content (AvgIpc) is 2.58. The zero-order chi connectivity index (χ0) is 18.2. The number of ether oxygens (including phenoxy) is 2. The van der Waals surface area contributed by atoms with Crippen LogP contribution in [0.1, 0.15) is 31.4 Å². The highest BCUT2D eigenvalue weighted by atomic mass is 35.5. The molecule has 144 valence electrons. The van der Waals surface area contributed by atoms with E-state index < -0.39 is 0 Å². The fraction of sp³-hybridized carbons (Fsp3) is 0.400. The fourth-order valence-electron chi connectivity index (χ4n) is 2.37. The first kappa shape index (κ1) is 22.6. The quantitative estimate of drug-likeness (QED) is 0.552. The van der Waals surface area contributed by atoms with Gasteiger partial charge in [-0.25, -0.2) is 4.39 Å². The molecule has 1 N–H and O–H groups in total. The van der Waals surface area contributed by atoms with Crippen LogP contribution in [0.25, 0.3) is 0 Å². The summed E-state index contributed by atoms with van der Waals surface area (Å²) in [6.07, 6.45) is 1.13. The zero-order valence-corrected chi connectivity index (χ0v) is 16.9. The van der Waals surface area contributed by atoms with Crippen LogP contribution >= 0.6 is 24.0 Å². The van der Waals surface area contributed by atoms with Crippen molar-refractivity contribution in [2.45, 2.75) is 33.4 Å². The summed E-state index contributed by atoms with van der Waals surface area (Å²) < 4.78 is 24.2. The third-order valence-corrected chi connectivity index (χ3v) is 4.09.